The first-order valence-corrected chi connectivity index (χ1v) is 11.4. The van der Waals surface area contributed by atoms with E-state index >= 15 is 0 Å². The summed E-state index contributed by atoms with van der Waals surface area (Å²) < 4.78 is 0. The summed E-state index contributed by atoms with van der Waals surface area (Å²) in [6.45, 7) is 15.1. The Balaban J connectivity index is 2.02. The predicted molar refractivity (Wildman–Crippen MR) is 133 cm³/mol. The lowest BCUT2D eigenvalue weighted by Crippen LogP contribution is -2.56. The third kappa shape index (κ3) is 5.42. The Bertz CT molecular complexity index is 1080. The van der Waals surface area contributed by atoms with Crippen LogP contribution in [0.5, 0.6) is 0 Å². The second-order valence-corrected chi connectivity index (χ2v) is 8.90. The van der Waals surface area contributed by atoms with Gasteiger partial charge in [0.1, 0.15) is 11.6 Å². The molecule has 1 fully saturated rings. The number of piperazine rings is 1. The molecule has 1 amide bonds. The van der Waals surface area contributed by atoms with Crippen LogP contribution in [0.1, 0.15) is 38.1 Å². The molecule has 0 spiro atoms. The fraction of sp³-hybridized carbons (Fsp3) is 0.423. The van der Waals surface area contributed by atoms with E-state index in [1.54, 1.807) is 0 Å². The highest BCUT2D eigenvalue weighted by atomic mass is 16.3. The number of carbonyl (C=O) groups is 1. The summed E-state index contributed by atoms with van der Waals surface area (Å²) in [6, 6.07) is 5.65. The molecule has 1 aromatic heterocycles. The number of carbonyl (C=O) groups excluding carboxylic acids is 1. The molecule has 1 aliphatic rings. The molecule has 0 saturated carbocycles. The van der Waals surface area contributed by atoms with Gasteiger partial charge in [0.15, 0.2) is 5.82 Å². The average Bonchev–Trinajstić information content (AvgIpc) is 2.81. The summed E-state index contributed by atoms with van der Waals surface area (Å²) in [7, 11) is 0. The number of nitrogens with zero attached hydrogens (tertiary/aromatic N) is 4. The molecule has 7 heteroatoms. The number of aliphatic hydroxyl groups excluding tert-OH is 2. The molecule has 0 aliphatic carbocycles. The van der Waals surface area contributed by atoms with E-state index in [4.69, 9.17) is 4.98 Å². The van der Waals surface area contributed by atoms with Crippen LogP contribution in [-0.4, -0.2) is 63.3 Å². The van der Waals surface area contributed by atoms with Gasteiger partial charge in [0.05, 0.1) is 23.7 Å². The Kier molecular flexibility index (Phi) is 7.87. The molecule has 176 valence electrons. The van der Waals surface area contributed by atoms with Crippen molar-refractivity contribution < 1.29 is 15.0 Å². The van der Waals surface area contributed by atoms with Gasteiger partial charge in [-0.05, 0) is 43.0 Å². The number of rotatable bonds is 8. The Hall–Kier alpha value is -3.19. The van der Waals surface area contributed by atoms with Crippen LogP contribution in [0.3, 0.4) is 0 Å². The SMILES string of the molecule is C=C/C(O)=C(\C=C)c1nc(N2CCN(C(=O)CCC(C)C)CC2CO)c2ccc(C)cc2n1. The molecule has 0 radical (unpaired) electrons. The van der Waals surface area contributed by atoms with Gasteiger partial charge in [-0.25, -0.2) is 9.97 Å². The van der Waals surface area contributed by atoms with E-state index in [0.29, 0.717) is 49.2 Å². The number of aliphatic hydroxyl groups is 2. The average molecular weight is 451 g/mol. The fourth-order valence-corrected chi connectivity index (χ4v) is 4.07. The summed E-state index contributed by atoms with van der Waals surface area (Å²) in [6.07, 6.45) is 4.21. The first kappa shape index (κ1) is 24.5. The summed E-state index contributed by atoms with van der Waals surface area (Å²) in [5.41, 5.74) is 2.17. The fourth-order valence-electron chi connectivity index (χ4n) is 4.07. The quantitative estimate of drug-likeness (QED) is 0.466. The molecular formula is C26H34N4O3. The number of hydrogen-bond donors (Lipinski definition) is 2. The van der Waals surface area contributed by atoms with Crippen molar-refractivity contribution in [2.24, 2.45) is 5.92 Å². The zero-order valence-corrected chi connectivity index (χ0v) is 19.8. The second-order valence-electron chi connectivity index (χ2n) is 8.90. The minimum absolute atomic E-state index is 0.0535. The van der Waals surface area contributed by atoms with Crippen LogP contribution in [0.15, 0.2) is 49.3 Å². The number of allylic oxidation sites excluding steroid dienone is 3. The minimum Gasteiger partial charge on any atom is -0.507 e. The number of amides is 1. The van der Waals surface area contributed by atoms with Crippen molar-refractivity contribution in [3.63, 3.8) is 0 Å². The van der Waals surface area contributed by atoms with Gasteiger partial charge in [-0.1, -0.05) is 39.1 Å². The van der Waals surface area contributed by atoms with Crippen LogP contribution in [0.4, 0.5) is 5.82 Å². The highest BCUT2D eigenvalue weighted by Gasteiger charge is 2.31. The van der Waals surface area contributed by atoms with Crippen LogP contribution in [0, 0.1) is 12.8 Å². The smallest absolute Gasteiger partial charge is 0.222 e. The van der Waals surface area contributed by atoms with Crippen molar-refractivity contribution in [3.8, 4) is 0 Å². The Labute approximate surface area is 195 Å². The molecule has 2 aromatic rings. The van der Waals surface area contributed by atoms with Gasteiger partial charge in [0, 0.05) is 31.4 Å². The molecule has 2 heterocycles. The number of aromatic nitrogens is 2. The third-order valence-electron chi connectivity index (χ3n) is 6.00. The normalized spacial score (nSPS) is 17.3. The Morgan fingerprint density at radius 2 is 2.00 bits per heavy atom. The topological polar surface area (TPSA) is 89.8 Å². The monoisotopic (exact) mass is 450 g/mol. The maximum Gasteiger partial charge on any atom is 0.222 e. The van der Waals surface area contributed by atoms with Crippen molar-refractivity contribution in [3.05, 3.63) is 60.7 Å². The maximum atomic E-state index is 12.7. The van der Waals surface area contributed by atoms with Gasteiger partial charge in [0.25, 0.3) is 0 Å². The van der Waals surface area contributed by atoms with E-state index in [-0.39, 0.29) is 24.3 Å². The van der Waals surface area contributed by atoms with E-state index in [9.17, 15) is 15.0 Å². The lowest BCUT2D eigenvalue weighted by Gasteiger charge is -2.42. The molecule has 33 heavy (non-hydrogen) atoms. The lowest BCUT2D eigenvalue weighted by molar-refractivity contribution is -0.132. The first-order chi connectivity index (χ1) is 15.8. The Morgan fingerprint density at radius 1 is 1.24 bits per heavy atom. The van der Waals surface area contributed by atoms with Crippen molar-refractivity contribution in [2.45, 2.75) is 39.7 Å². The van der Waals surface area contributed by atoms with E-state index in [1.807, 2.05) is 34.9 Å². The number of aryl methyl sites for hydroxylation is 1. The van der Waals surface area contributed by atoms with Crippen LogP contribution < -0.4 is 4.90 Å². The van der Waals surface area contributed by atoms with E-state index in [1.165, 1.54) is 12.2 Å². The van der Waals surface area contributed by atoms with Crippen LogP contribution >= 0.6 is 0 Å². The lowest BCUT2D eigenvalue weighted by atomic mass is 10.1. The molecule has 2 N–H and O–H groups in total. The minimum atomic E-state index is -0.293. The largest absolute Gasteiger partial charge is 0.507 e. The van der Waals surface area contributed by atoms with Crippen molar-refractivity contribution in [1.82, 2.24) is 14.9 Å². The van der Waals surface area contributed by atoms with Gasteiger partial charge in [-0.2, -0.15) is 0 Å². The first-order valence-electron chi connectivity index (χ1n) is 11.4. The second kappa shape index (κ2) is 10.6. The van der Waals surface area contributed by atoms with E-state index < -0.39 is 0 Å². The van der Waals surface area contributed by atoms with E-state index in [2.05, 4.69) is 32.0 Å². The van der Waals surface area contributed by atoms with Gasteiger partial charge in [-0.15, -0.1) is 0 Å². The molecule has 1 aliphatic heterocycles. The number of anilines is 1. The number of fused-ring (bicyclic) bond motifs is 1. The third-order valence-corrected chi connectivity index (χ3v) is 6.00. The van der Waals surface area contributed by atoms with E-state index in [0.717, 1.165) is 22.9 Å². The standard InChI is InChI=1S/C26H34N4O3/c1-6-20(23(32)7-2)25-27-22-14-18(5)9-10-21(22)26(28-25)30-13-12-29(15-19(30)16-31)24(33)11-8-17(3)4/h6-7,9-10,14,17,19,31-32H,1-2,8,11-13,15-16H2,3-5H3/b23-20-. The molecule has 1 atom stereocenters. The van der Waals surface area contributed by atoms with Crippen LogP contribution in [0.2, 0.25) is 0 Å². The summed E-state index contributed by atoms with van der Waals surface area (Å²) in [5.74, 6) is 1.54. The van der Waals surface area contributed by atoms with Gasteiger partial charge in [0.2, 0.25) is 5.91 Å². The van der Waals surface area contributed by atoms with Crippen LogP contribution in [-0.2, 0) is 4.79 Å². The molecule has 1 aromatic carbocycles. The molecule has 7 nitrogen and oxygen atoms in total. The number of hydrogen-bond acceptors (Lipinski definition) is 6. The zero-order chi connectivity index (χ0) is 24.1. The zero-order valence-electron chi connectivity index (χ0n) is 19.8. The van der Waals surface area contributed by atoms with Gasteiger partial charge < -0.3 is 20.0 Å². The van der Waals surface area contributed by atoms with Gasteiger partial charge >= 0.3 is 0 Å². The highest BCUT2D eigenvalue weighted by molar-refractivity contribution is 5.92. The highest BCUT2D eigenvalue weighted by Crippen LogP contribution is 2.30. The molecule has 0 bridgehead atoms. The summed E-state index contributed by atoms with van der Waals surface area (Å²) in [5, 5.41) is 21.4. The molecule has 3 rings (SSSR count). The number of benzene rings is 1. The summed E-state index contributed by atoms with van der Waals surface area (Å²) >= 11 is 0. The van der Waals surface area contributed by atoms with Crippen molar-refractivity contribution in [2.75, 3.05) is 31.1 Å². The maximum absolute atomic E-state index is 12.7. The van der Waals surface area contributed by atoms with Crippen molar-refractivity contribution >= 4 is 28.2 Å². The van der Waals surface area contributed by atoms with Crippen molar-refractivity contribution in [1.29, 1.82) is 0 Å². The molecular weight excluding hydrogens is 416 g/mol. The Morgan fingerprint density at radius 3 is 2.64 bits per heavy atom. The van der Waals surface area contributed by atoms with Gasteiger partial charge in [-0.3, -0.25) is 4.79 Å². The summed E-state index contributed by atoms with van der Waals surface area (Å²) in [4.78, 5) is 26.0. The molecule has 1 saturated heterocycles. The predicted octanol–water partition coefficient (Wildman–Crippen LogP) is 4.03. The molecule has 1 unspecified atom stereocenters. The van der Waals surface area contributed by atoms with Crippen LogP contribution in [0.25, 0.3) is 16.5 Å².